The number of hydrogen-bond acceptors (Lipinski definition) is 6. The number of fused-ring (bicyclic) bond motifs is 1. The van der Waals surface area contributed by atoms with Gasteiger partial charge in [-0.3, -0.25) is 4.79 Å². The van der Waals surface area contributed by atoms with Gasteiger partial charge in [0.1, 0.15) is 5.65 Å². The average Bonchev–Trinajstić information content (AvgIpc) is 3.02. The van der Waals surface area contributed by atoms with E-state index in [9.17, 15) is 9.59 Å². The van der Waals surface area contributed by atoms with E-state index >= 15 is 0 Å². The Hall–Kier alpha value is -3.09. The highest BCUT2D eigenvalue weighted by molar-refractivity contribution is 6.26. The van der Waals surface area contributed by atoms with E-state index in [-0.39, 0.29) is 23.8 Å². The number of aromatic amines is 1. The lowest BCUT2D eigenvalue weighted by molar-refractivity contribution is -0.139. The van der Waals surface area contributed by atoms with Crippen molar-refractivity contribution in [1.29, 1.82) is 0 Å². The van der Waals surface area contributed by atoms with Crippen molar-refractivity contribution in [1.82, 2.24) is 9.97 Å². The van der Waals surface area contributed by atoms with E-state index < -0.39 is 11.8 Å². The molecular formula is C15H13N3O4. The summed E-state index contributed by atoms with van der Waals surface area (Å²) in [6.07, 6.45) is 4.87. The molecule has 2 aromatic rings. The van der Waals surface area contributed by atoms with Gasteiger partial charge in [-0.25, -0.2) is 9.78 Å². The van der Waals surface area contributed by atoms with Crippen LogP contribution in [0.1, 0.15) is 12.5 Å². The molecule has 0 radical (unpaired) electrons. The Labute approximate surface area is 125 Å². The minimum atomic E-state index is -0.783. The van der Waals surface area contributed by atoms with Gasteiger partial charge < -0.3 is 20.2 Å². The molecule has 0 spiro atoms. The first-order chi connectivity index (χ1) is 10.6. The smallest absolute Gasteiger partial charge is 0.347 e. The van der Waals surface area contributed by atoms with Crippen LogP contribution in [0.15, 0.2) is 41.7 Å². The number of aromatic nitrogens is 2. The van der Waals surface area contributed by atoms with Crippen LogP contribution in [-0.4, -0.2) is 28.3 Å². The van der Waals surface area contributed by atoms with Crippen molar-refractivity contribution in [2.45, 2.75) is 6.92 Å². The van der Waals surface area contributed by atoms with Crippen LogP contribution in [0.5, 0.6) is 0 Å². The van der Waals surface area contributed by atoms with Crippen molar-refractivity contribution in [2.75, 3.05) is 6.61 Å². The van der Waals surface area contributed by atoms with E-state index in [0.717, 1.165) is 5.39 Å². The fourth-order valence-corrected chi connectivity index (χ4v) is 2.18. The average molecular weight is 299 g/mol. The van der Waals surface area contributed by atoms with E-state index in [0.29, 0.717) is 11.2 Å². The molecule has 3 rings (SSSR count). The first-order valence-electron chi connectivity index (χ1n) is 6.65. The van der Waals surface area contributed by atoms with Gasteiger partial charge in [0.15, 0.2) is 11.3 Å². The number of ether oxygens (including phenoxy) is 2. The molecule has 1 aliphatic heterocycles. The minimum absolute atomic E-state index is 0.0229. The Morgan fingerprint density at radius 1 is 1.55 bits per heavy atom. The number of carbonyl (C=O) groups is 2. The second kappa shape index (κ2) is 5.36. The van der Waals surface area contributed by atoms with Gasteiger partial charge >= 0.3 is 5.97 Å². The molecule has 0 saturated carbocycles. The first-order valence-corrected chi connectivity index (χ1v) is 6.65. The molecule has 0 atom stereocenters. The number of rotatable bonds is 3. The molecule has 7 heteroatoms. The predicted molar refractivity (Wildman–Crippen MR) is 78.0 cm³/mol. The van der Waals surface area contributed by atoms with Gasteiger partial charge in [-0.05, 0) is 25.1 Å². The van der Waals surface area contributed by atoms with Crippen molar-refractivity contribution in [3.05, 3.63) is 47.3 Å². The zero-order valence-electron chi connectivity index (χ0n) is 11.8. The van der Waals surface area contributed by atoms with Crippen molar-refractivity contribution in [2.24, 2.45) is 5.73 Å². The molecule has 22 heavy (non-hydrogen) atoms. The summed E-state index contributed by atoms with van der Waals surface area (Å²) >= 11 is 0. The highest BCUT2D eigenvalue weighted by Gasteiger charge is 2.35. The molecule has 0 amide bonds. The van der Waals surface area contributed by atoms with Gasteiger partial charge in [0, 0.05) is 23.3 Å². The van der Waals surface area contributed by atoms with Crippen LogP contribution in [-0.2, 0) is 19.1 Å². The normalized spacial score (nSPS) is 16.4. The first kappa shape index (κ1) is 13.9. The van der Waals surface area contributed by atoms with E-state index in [4.69, 9.17) is 15.2 Å². The van der Waals surface area contributed by atoms with Crippen molar-refractivity contribution >= 4 is 28.9 Å². The molecule has 1 aliphatic rings. The maximum atomic E-state index is 12.2. The van der Waals surface area contributed by atoms with Crippen LogP contribution in [0, 0.1) is 0 Å². The zero-order valence-corrected chi connectivity index (χ0v) is 11.8. The third-order valence-electron chi connectivity index (χ3n) is 3.17. The summed E-state index contributed by atoms with van der Waals surface area (Å²) < 4.78 is 10.0. The molecule has 2 aromatic heterocycles. The minimum Gasteiger partial charge on any atom is -0.462 e. The number of allylic oxidation sites excluding steroid dienone is 1. The number of nitrogens with zero attached hydrogens (tertiary/aromatic N) is 1. The molecule has 3 heterocycles. The Balaban J connectivity index is 1.95. The molecule has 0 bridgehead atoms. The van der Waals surface area contributed by atoms with Gasteiger partial charge in [-0.15, -0.1) is 0 Å². The highest BCUT2D eigenvalue weighted by atomic mass is 16.5. The van der Waals surface area contributed by atoms with E-state index in [1.807, 2.05) is 6.07 Å². The summed E-state index contributed by atoms with van der Waals surface area (Å²) in [5.74, 6) is -1.64. The zero-order chi connectivity index (χ0) is 15.7. The van der Waals surface area contributed by atoms with Crippen LogP contribution < -0.4 is 5.73 Å². The Kier molecular flexibility index (Phi) is 3.38. The van der Waals surface area contributed by atoms with Gasteiger partial charge in [0.2, 0.25) is 11.7 Å². The lowest BCUT2D eigenvalue weighted by Crippen LogP contribution is -2.15. The number of nitrogens with two attached hydrogens (primary N) is 1. The number of nitrogens with one attached hydrogen (secondary N) is 1. The molecule has 7 nitrogen and oxygen atoms in total. The molecule has 0 unspecified atom stereocenters. The Morgan fingerprint density at radius 2 is 2.36 bits per heavy atom. The maximum absolute atomic E-state index is 12.2. The number of Topliss-reactive ketones (excluding diaryl/α,β-unsaturated/α-hetero) is 1. The third kappa shape index (κ3) is 2.22. The summed E-state index contributed by atoms with van der Waals surface area (Å²) in [4.78, 5) is 31.1. The van der Waals surface area contributed by atoms with Crippen LogP contribution >= 0.6 is 0 Å². The fourth-order valence-electron chi connectivity index (χ4n) is 2.18. The van der Waals surface area contributed by atoms with Crippen LogP contribution in [0.25, 0.3) is 17.1 Å². The molecule has 0 fully saturated rings. The molecule has 0 saturated heterocycles. The summed E-state index contributed by atoms with van der Waals surface area (Å²) in [5.41, 5.74) is 6.73. The highest BCUT2D eigenvalue weighted by Crippen LogP contribution is 2.26. The molecule has 0 aliphatic carbocycles. The number of pyridine rings is 1. The van der Waals surface area contributed by atoms with Gasteiger partial charge in [-0.1, -0.05) is 0 Å². The van der Waals surface area contributed by atoms with Gasteiger partial charge in [-0.2, -0.15) is 0 Å². The van der Waals surface area contributed by atoms with Crippen molar-refractivity contribution in [3.63, 3.8) is 0 Å². The summed E-state index contributed by atoms with van der Waals surface area (Å²) in [5, 5.41) is 0.828. The topological polar surface area (TPSA) is 107 Å². The largest absolute Gasteiger partial charge is 0.462 e. The molecule has 112 valence electrons. The maximum Gasteiger partial charge on any atom is 0.347 e. The van der Waals surface area contributed by atoms with Crippen molar-refractivity contribution < 1.29 is 19.1 Å². The summed E-state index contributed by atoms with van der Waals surface area (Å²) in [6, 6.07) is 3.64. The predicted octanol–water partition coefficient (Wildman–Crippen LogP) is 1.24. The molecule has 0 aromatic carbocycles. The lowest BCUT2D eigenvalue weighted by Gasteiger charge is -1.99. The summed E-state index contributed by atoms with van der Waals surface area (Å²) in [6.45, 7) is 1.79. The number of carbonyl (C=O) groups excluding carboxylic acids is 2. The van der Waals surface area contributed by atoms with E-state index in [1.54, 1.807) is 25.4 Å². The number of ketones is 1. The monoisotopic (exact) mass is 299 g/mol. The second-order valence-corrected chi connectivity index (χ2v) is 4.54. The second-order valence-electron chi connectivity index (χ2n) is 4.54. The Bertz CT molecular complexity index is 832. The SMILES string of the molecule is CCOC(=O)C1=C(N)O/C(=C\c2c[nH]c3ncccc23)C1=O. The van der Waals surface area contributed by atoms with Crippen LogP contribution in [0.2, 0.25) is 0 Å². The number of hydrogen-bond donors (Lipinski definition) is 2. The summed E-state index contributed by atoms with van der Waals surface area (Å²) in [7, 11) is 0. The molecule has 3 N–H and O–H groups in total. The molecular weight excluding hydrogens is 286 g/mol. The fraction of sp³-hybridized carbons (Fsp3) is 0.133. The van der Waals surface area contributed by atoms with Gasteiger partial charge in [0.05, 0.1) is 6.61 Å². The third-order valence-corrected chi connectivity index (χ3v) is 3.17. The standard InChI is InChI=1S/C15H13N3O4/c1-2-21-15(20)11-12(19)10(22-13(11)16)6-8-7-18-14-9(8)4-3-5-17-14/h3-7H,2,16H2,1H3,(H,17,18)/b10-6-. The number of esters is 1. The van der Waals surface area contributed by atoms with Crippen LogP contribution in [0.3, 0.4) is 0 Å². The van der Waals surface area contributed by atoms with E-state index in [1.165, 1.54) is 6.08 Å². The number of H-pyrrole nitrogens is 1. The van der Waals surface area contributed by atoms with E-state index in [2.05, 4.69) is 9.97 Å². The van der Waals surface area contributed by atoms with Crippen molar-refractivity contribution in [3.8, 4) is 0 Å². The lowest BCUT2D eigenvalue weighted by atomic mass is 10.1. The van der Waals surface area contributed by atoms with Gasteiger partial charge in [0.25, 0.3) is 0 Å². The Morgan fingerprint density at radius 3 is 3.14 bits per heavy atom. The van der Waals surface area contributed by atoms with Crippen LogP contribution in [0.4, 0.5) is 0 Å². The quantitative estimate of drug-likeness (QED) is 0.501.